The van der Waals surface area contributed by atoms with Crippen LogP contribution in [0.1, 0.15) is 6.92 Å². The zero-order chi connectivity index (χ0) is 15.2. The fourth-order valence-electron chi connectivity index (χ4n) is 1.98. The van der Waals surface area contributed by atoms with Crippen molar-refractivity contribution in [2.45, 2.75) is 13.0 Å². The predicted octanol–water partition coefficient (Wildman–Crippen LogP) is 3.27. The lowest BCUT2D eigenvalue weighted by Crippen LogP contribution is -2.20. The van der Waals surface area contributed by atoms with E-state index in [1.54, 1.807) is 32.7 Å². The number of rotatable bonds is 7. The minimum atomic E-state index is 0.209. The Bertz CT molecular complexity index is 586. The molecule has 0 aliphatic rings. The third-order valence-electron chi connectivity index (χ3n) is 2.97. The van der Waals surface area contributed by atoms with E-state index < -0.39 is 0 Å². The van der Waals surface area contributed by atoms with Crippen molar-refractivity contribution in [3.05, 3.63) is 23.6 Å². The van der Waals surface area contributed by atoms with Crippen molar-refractivity contribution in [2.75, 3.05) is 33.3 Å². The zero-order valence-corrected chi connectivity index (χ0v) is 13.5. The molecule has 1 aromatic carbocycles. The fourth-order valence-corrected chi connectivity index (χ4v) is 2.80. The normalized spacial score (nSPS) is 12.0. The predicted molar refractivity (Wildman–Crippen MR) is 85.6 cm³/mol. The van der Waals surface area contributed by atoms with Crippen molar-refractivity contribution >= 4 is 16.5 Å². The van der Waals surface area contributed by atoms with Gasteiger partial charge in [0.1, 0.15) is 11.5 Å². The molecule has 6 heteroatoms. The van der Waals surface area contributed by atoms with Crippen molar-refractivity contribution < 1.29 is 14.2 Å². The highest BCUT2D eigenvalue weighted by Crippen LogP contribution is 2.35. The summed E-state index contributed by atoms with van der Waals surface area (Å²) in [5.41, 5.74) is 1.78. The molecule has 2 rings (SSSR count). The Labute approximate surface area is 128 Å². The molecular formula is C15H20N2O3S. The maximum Gasteiger partial charge on any atom is 0.183 e. The summed E-state index contributed by atoms with van der Waals surface area (Å²) < 4.78 is 15.8. The summed E-state index contributed by atoms with van der Waals surface area (Å²) in [6, 6.07) is 5.89. The van der Waals surface area contributed by atoms with Crippen molar-refractivity contribution in [3.8, 4) is 22.8 Å². The van der Waals surface area contributed by atoms with E-state index in [9.17, 15) is 0 Å². The molecule has 21 heavy (non-hydrogen) atoms. The van der Waals surface area contributed by atoms with Crippen LogP contribution in [0.2, 0.25) is 0 Å². The Kier molecular flexibility index (Phi) is 5.41. The summed E-state index contributed by atoms with van der Waals surface area (Å²) in [6.45, 7) is 2.69. The minimum Gasteiger partial charge on any atom is -0.497 e. The van der Waals surface area contributed by atoms with Gasteiger partial charge in [-0.1, -0.05) is 0 Å². The molecule has 1 N–H and O–H groups in total. The van der Waals surface area contributed by atoms with Crippen molar-refractivity contribution in [3.63, 3.8) is 0 Å². The highest BCUT2D eigenvalue weighted by molar-refractivity contribution is 7.14. The number of nitrogens with one attached hydrogen (secondary N) is 1. The van der Waals surface area contributed by atoms with E-state index in [1.807, 2.05) is 23.6 Å². The van der Waals surface area contributed by atoms with Gasteiger partial charge in [0, 0.05) is 24.1 Å². The molecule has 0 aliphatic heterocycles. The molecule has 0 radical (unpaired) electrons. The van der Waals surface area contributed by atoms with E-state index in [1.165, 1.54) is 0 Å². The van der Waals surface area contributed by atoms with Crippen molar-refractivity contribution in [1.29, 1.82) is 0 Å². The molecular weight excluding hydrogens is 288 g/mol. The maximum atomic E-state index is 5.40. The van der Waals surface area contributed by atoms with Gasteiger partial charge in [-0.05, 0) is 25.1 Å². The summed E-state index contributed by atoms with van der Waals surface area (Å²) >= 11 is 1.56. The van der Waals surface area contributed by atoms with Crippen molar-refractivity contribution in [2.24, 2.45) is 0 Å². The molecule has 0 saturated heterocycles. The molecule has 114 valence electrons. The van der Waals surface area contributed by atoms with Gasteiger partial charge in [0.25, 0.3) is 0 Å². The van der Waals surface area contributed by atoms with Crippen LogP contribution in [-0.2, 0) is 4.74 Å². The molecule has 0 fully saturated rings. The first-order valence-electron chi connectivity index (χ1n) is 6.61. The van der Waals surface area contributed by atoms with E-state index in [4.69, 9.17) is 14.2 Å². The Balaban J connectivity index is 2.24. The van der Waals surface area contributed by atoms with E-state index in [-0.39, 0.29) is 6.04 Å². The number of hydrogen-bond acceptors (Lipinski definition) is 6. The SMILES string of the molecule is COC[C@H](C)Nc1nc(-c2cc(OC)ccc2OC)cs1. The van der Waals surface area contributed by atoms with E-state index >= 15 is 0 Å². The second-order valence-electron chi connectivity index (χ2n) is 4.60. The molecule has 0 bridgehead atoms. The maximum absolute atomic E-state index is 5.40. The van der Waals surface area contributed by atoms with Crippen LogP contribution in [-0.4, -0.2) is 39.0 Å². The van der Waals surface area contributed by atoms with Crippen LogP contribution in [0.15, 0.2) is 23.6 Å². The zero-order valence-electron chi connectivity index (χ0n) is 12.7. The number of methoxy groups -OCH3 is 3. The lowest BCUT2D eigenvalue weighted by atomic mass is 10.1. The van der Waals surface area contributed by atoms with Crippen LogP contribution in [0.5, 0.6) is 11.5 Å². The van der Waals surface area contributed by atoms with Crippen LogP contribution < -0.4 is 14.8 Å². The van der Waals surface area contributed by atoms with Gasteiger partial charge >= 0.3 is 0 Å². The number of benzene rings is 1. The Morgan fingerprint density at radius 2 is 2.05 bits per heavy atom. The minimum absolute atomic E-state index is 0.209. The lowest BCUT2D eigenvalue weighted by molar-refractivity contribution is 0.190. The summed E-state index contributed by atoms with van der Waals surface area (Å²) in [7, 11) is 4.98. The van der Waals surface area contributed by atoms with Gasteiger partial charge in [0.2, 0.25) is 0 Å². The van der Waals surface area contributed by atoms with E-state index in [0.29, 0.717) is 6.61 Å². The third-order valence-corrected chi connectivity index (χ3v) is 3.75. The van der Waals surface area contributed by atoms with Gasteiger partial charge in [-0.25, -0.2) is 4.98 Å². The molecule has 5 nitrogen and oxygen atoms in total. The summed E-state index contributed by atoms with van der Waals surface area (Å²) in [6.07, 6.45) is 0. The molecule has 1 atom stereocenters. The Morgan fingerprint density at radius 1 is 1.24 bits per heavy atom. The average molecular weight is 308 g/mol. The molecule has 0 saturated carbocycles. The molecule has 1 heterocycles. The molecule has 0 unspecified atom stereocenters. The van der Waals surface area contributed by atoms with Gasteiger partial charge in [0.05, 0.1) is 26.5 Å². The summed E-state index contributed by atoms with van der Waals surface area (Å²) in [5, 5.41) is 6.17. The fraction of sp³-hybridized carbons (Fsp3) is 0.400. The number of anilines is 1. The second kappa shape index (κ2) is 7.28. The highest BCUT2D eigenvalue weighted by atomic mass is 32.1. The van der Waals surface area contributed by atoms with E-state index in [2.05, 4.69) is 17.2 Å². The topological polar surface area (TPSA) is 52.6 Å². The molecule has 0 amide bonds. The standard InChI is InChI=1S/C15H20N2O3S/c1-10(8-18-2)16-15-17-13(9-21-15)12-7-11(19-3)5-6-14(12)20-4/h5-7,9-10H,8H2,1-4H3,(H,16,17)/t10-/m0/s1. The lowest BCUT2D eigenvalue weighted by Gasteiger charge is -2.11. The summed E-state index contributed by atoms with van der Waals surface area (Å²) in [4.78, 5) is 4.60. The number of thiazole rings is 1. The van der Waals surface area contributed by atoms with Crippen LogP contribution in [0.4, 0.5) is 5.13 Å². The largest absolute Gasteiger partial charge is 0.497 e. The monoisotopic (exact) mass is 308 g/mol. The third kappa shape index (κ3) is 3.86. The number of nitrogens with zero attached hydrogens (tertiary/aromatic N) is 1. The van der Waals surface area contributed by atoms with Crippen LogP contribution in [0.25, 0.3) is 11.3 Å². The van der Waals surface area contributed by atoms with Crippen LogP contribution in [0, 0.1) is 0 Å². The van der Waals surface area contributed by atoms with Gasteiger partial charge in [-0.3, -0.25) is 0 Å². The molecule has 0 spiro atoms. The first-order chi connectivity index (χ1) is 10.2. The first-order valence-corrected chi connectivity index (χ1v) is 7.49. The van der Waals surface area contributed by atoms with Gasteiger partial charge in [0.15, 0.2) is 5.13 Å². The molecule has 1 aromatic heterocycles. The Hall–Kier alpha value is -1.79. The van der Waals surface area contributed by atoms with Gasteiger partial charge in [-0.15, -0.1) is 11.3 Å². The average Bonchev–Trinajstić information content (AvgIpc) is 2.95. The van der Waals surface area contributed by atoms with Gasteiger partial charge in [-0.2, -0.15) is 0 Å². The van der Waals surface area contributed by atoms with E-state index in [0.717, 1.165) is 27.9 Å². The quantitative estimate of drug-likeness (QED) is 0.850. The van der Waals surface area contributed by atoms with Crippen LogP contribution in [0.3, 0.4) is 0 Å². The smallest absolute Gasteiger partial charge is 0.183 e. The number of aromatic nitrogens is 1. The number of ether oxygens (including phenoxy) is 3. The van der Waals surface area contributed by atoms with Gasteiger partial charge < -0.3 is 19.5 Å². The van der Waals surface area contributed by atoms with Crippen molar-refractivity contribution in [1.82, 2.24) is 4.98 Å². The second-order valence-corrected chi connectivity index (χ2v) is 5.46. The highest BCUT2D eigenvalue weighted by Gasteiger charge is 2.12. The first kappa shape index (κ1) is 15.6. The molecule has 0 aliphatic carbocycles. The number of hydrogen-bond donors (Lipinski definition) is 1. The summed E-state index contributed by atoms with van der Waals surface area (Å²) in [5.74, 6) is 1.55. The molecule has 2 aromatic rings. The Morgan fingerprint density at radius 3 is 2.71 bits per heavy atom. The van der Waals surface area contributed by atoms with Crippen LogP contribution >= 0.6 is 11.3 Å².